The van der Waals surface area contributed by atoms with Crippen LogP contribution in [0.2, 0.25) is 0 Å². The molecule has 1 aromatic carbocycles. The van der Waals surface area contributed by atoms with E-state index in [-0.39, 0.29) is 12.2 Å². The quantitative estimate of drug-likeness (QED) is 0.771. The summed E-state index contributed by atoms with van der Waals surface area (Å²) in [5, 5.41) is 8.94. The van der Waals surface area contributed by atoms with E-state index in [4.69, 9.17) is 9.84 Å². The summed E-state index contributed by atoms with van der Waals surface area (Å²) in [7, 11) is 5.21. The van der Waals surface area contributed by atoms with Crippen molar-refractivity contribution in [3.05, 3.63) is 29.3 Å². The lowest BCUT2D eigenvalue weighted by molar-refractivity contribution is -0.137. The van der Waals surface area contributed by atoms with E-state index < -0.39 is 11.9 Å². The second-order valence-electron chi connectivity index (χ2n) is 5.11. The van der Waals surface area contributed by atoms with E-state index in [1.54, 1.807) is 25.3 Å². The molecular formula is C15H21NO4. The van der Waals surface area contributed by atoms with Gasteiger partial charge >= 0.3 is 5.97 Å². The fourth-order valence-electron chi connectivity index (χ4n) is 2.16. The van der Waals surface area contributed by atoms with Crippen LogP contribution in [0.4, 0.5) is 0 Å². The second-order valence-corrected chi connectivity index (χ2v) is 5.11. The Morgan fingerprint density at radius 1 is 1.35 bits per heavy atom. The molecule has 5 heteroatoms. The van der Waals surface area contributed by atoms with Gasteiger partial charge < -0.3 is 14.7 Å². The van der Waals surface area contributed by atoms with Crippen molar-refractivity contribution >= 4 is 11.8 Å². The molecule has 1 aromatic rings. The first-order chi connectivity index (χ1) is 9.35. The molecule has 0 amide bonds. The number of hydrogen-bond donors (Lipinski definition) is 1. The minimum absolute atomic E-state index is 0.146. The third kappa shape index (κ3) is 4.35. The number of nitrogens with zero attached hydrogens (tertiary/aromatic N) is 1. The van der Waals surface area contributed by atoms with Gasteiger partial charge in [-0.2, -0.15) is 0 Å². The van der Waals surface area contributed by atoms with Gasteiger partial charge in [0.1, 0.15) is 5.75 Å². The lowest BCUT2D eigenvalue weighted by Crippen LogP contribution is -2.30. The van der Waals surface area contributed by atoms with Gasteiger partial charge in [0.05, 0.1) is 13.5 Å². The number of carboxylic acid groups (broad SMARTS) is 1. The zero-order valence-electron chi connectivity index (χ0n) is 12.3. The first kappa shape index (κ1) is 16.2. The number of aryl methyl sites for hydroxylation is 1. The molecule has 0 heterocycles. The number of ketones is 1. The predicted molar refractivity (Wildman–Crippen MR) is 76.4 cm³/mol. The van der Waals surface area contributed by atoms with Gasteiger partial charge in [-0.25, -0.2) is 0 Å². The van der Waals surface area contributed by atoms with Crippen molar-refractivity contribution in [2.24, 2.45) is 5.92 Å². The standard InChI is InChI=1S/C15H21NO4/c1-10-7-11(5-6-13(10)20-4)15(19)12(8-14(17)18)9-16(2)3/h5-7,12H,8-9H2,1-4H3,(H,17,18). The summed E-state index contributed by atoms with van der Waals surface area (Å²) in [5.74, 6) is -0.943. The lowest BCUT2D eigenvalue weighted by Gasteiger charge is -2.19. The summed E-state index contributed by atoms with van der Waals surface area (Å²) in [6, 6.07) is 5.15. The van der Waals surface area contributed by atoms with E-state index in [9.17, 15) is 9.59 Å². The zero-order valence-corrected chi connectivity index (χ0v) is 12.3. The molecule has 110 valence electrons. The summed E-state index contributed by atoms with van der Waals surface area (Å²) in [5.41, 5.74) is 1.38. The van der Waals surface area contributed by atoms with Crippen molar-refractivity contribution in [3.8, 4) is 5.75 Å². The molecule has 0 aliphatic heterocycles. The van der Waals surface area contributed by atoms with Crippen LogP contribution in [-0.4, -0.2) is 49.5 Å². The van der Waals surface area contributed by atoms with E-state index in [0.717, 1.165) is 5.56 Å². The number of methoxy groups -OCH3 is 1. The summed E-state index contributed by atoms with van der Waals surface area (Å²) >= 11 is 0. The van der Waals surface area contributed by atoms with Gasteiger partial charge in [0, 0.05) is 18.0 Å². The molecule has 1 rings (SSSR count). The molecule has 0 saturated carbocycles. The van der Waals surface area contributed by atoms with Crippen LogP contribution in [0.5, 0.6) is 5.75 Å². The average Bonchev–Trinajstić information content (AvgIpc) is 2.35. The molecule has 0 aromatic heterocycles. The van der Waals surface area contributed by atoms with Crippen molar-refractivity contribution in [1.82, 2.24) is 4.90 Å². The molecule has 0 aliphatic rings. The highest BCUT2D eigenvalue weighted by Crippen LogP contribution is 2.21. The number of ether oxygens (including phenoxy) is 1. The van der Waals surface area contributed by atoms with Gasteiger partial charge in [0.15, 0.2) is 5.78 Å². The van der Waals surface area contributed by atoms with Gasteiger partial charge in [-0.15, -0.1) is 0 Å². The number of carbonyl (C=O) groups is 2. The molecule has 0 saturated heterocycles. The number of rotatable bonds is 7. The lowest BCUT2D eigenvalue weighted by atomic mass is 9.93. The molecule has 1 N–H and O–H groups in total. The minimum atomic E-state index is -0.963. The summed E-state index contributed by atoms with van der Waals surface area (Å²) in [6.07, 6.45) is -0.165. The number of hydrogen-bond acceptors (Lipinski definition) is 4. The largest absolute Gasteiger partial charge is 0.496 e. The highest BCUT2D eigenvalue weighted by Gasteiger charge is 2.24. The first-order valence-corrected chi connectivity index (χ1v) is 6.40. The molecule has 1 unspecified atom stereocenters. The van der Waals surface area contributed by atoms with Crippen molar-refractivity contribution in [2.45, 2.75) is 13.3 Å². The fraction of sp³-hybridized carbons (Fsp3) is 0.467. The molecular weight excluding hydrogens is 258 g/mol. The van der Waals surface area contributed by atoms with Crippen LogP contribution in [0.15, 0.2) is 18.2 Å². The van der Waals surface area contributed by atoms with E-state index in [0.29, 0.717) is 17.9 Å². The van der Waals surface area contributed by atoms with Crippen LogP contribution in [0.25, 0.3) is 0 Å². The van der Waals surface area contributed by atoms with Crippen molar-refractivity contribution < 1.29 is 19.4 Å². The predicted octanol–water partition coefficient (Wildman–Crippen LogP) is 1.84. The number of aliphatic carboxylic acids is 1. The van der Waals surface area contributed by atoms with Crippen LogP contribution < -0.4 is 4.74 Å². The molecule has 0 radical (unpaired) electrons. The molecule has 0 bridgehead atoms. The van der Waals surface area contributed by atoms with Gasteiger partial charge in [-0.05, 0) is 44.8 Å². The topological polar surface area (TPSA) is 66.8 Å². The molecule has 0 fully saturated rings. The summed E-state index contributed by atoms with van der Waals surface area (Å²) < 4.78 is 5.16. The molecule has 5 nitrogen and oxygen atoms in total. The Morgan fingerprint density at radius 3 is 2.45 bits per heavy atom. The second kappa shape index (κ2) is 7.05. The van der Waals surface area contributed by atoms with E-state index in [1.165, 1.54) is 0 Å². The number of Topliss-reactive ketones (excluding diaryl/α,β-unsaturated/α-hetero) is 1. The Hall–Kier alpha value is -1.88. The Labute approximate surface area is 119 Å². The highest BCUT2D eigenvalue weighted by atomic mass is 16.5. The smallest absolute Gasteiger partial charge is 0.304 e. The number of benzene rings is 1. The number of carboxylic acids is 1. The molecule has 0 spiro atoms. The van der Waals surface area contributed by atoms with Gasteiger partial charge in [-0.3, -0.25) is 9.59 Å². The zero-order chi connectivity index (χ0) is 15.3. The summed E-state index contributed by atoms with van der Waals surface area (Å²) in [4.78, 5) is 25.2. The number of carbonyl (C=O) groups excluding carboxylic acids is 1. The maximum absolute atomic E-state index is 12.4. The SMILES string of the molecule is COc1ccc(C(=O)C(CC(=O)O)CN(C)C)cc1C. The van der Waals surface area contributed by atoms with Gasteiger partial charge in [0.2, 0.25) is 0 Å². The normalized spacial score (nSPS) is 12.2. The fourth-order valence-corrected chi connectivity index (χ4v) is 2.16. The Bertz CT molecular complexity index is 497. The molecule has 20 heavy (non-hydrogen) atoms. The highest BCUT2D eigenvalue weighted by molar-refractivity contribution is 5.99. The third-order valence-electron chi connectivity index (χ3n) is 3.06. The van der Waals surface area contributed by atoms with Crippen LogP contribution in [0.1, 0.15) is 22.3 Å². The Kier molecular flexibility index (Phi) is 5.70. The average molecular weight is 279 g/mol. The van der Waals surface area contributed by atoms with Crippen LogP contribution in [0, 0.1) is 12.8 Å². The first-order valence-electron chi connectivity index (χ1n) is 6.40. The Morgan fingerprint density at radius 2 is 2.00 bits per heavy atom. The maximum atomic E-state index is 12.4. The van der Waals surface area contributed by atoms with Crippen molar-refractivity contribution in [2.75, 3.05) is 27.7 Å². The Balaban J connectivity index is 2.98. The minimum Gasteiger partial charge on any atom is -0.496 e. The van der Waals surface area contributed by atoms with E-state index in [2.05, 4.69) is 0 Å². The van der Waals surface area contributed by atoms with Gasteiger partial charge in [-0.1, -0.05) is 0 Å². The monoisotopic (exact) mass is 279 g/mol. The van der Waals surface area contributed by atoms with Gasteiger partial charge in [0.25, 0.3) is 0 Å². The van der Waals surface area contributed by atoms with Crippen LogP contribution in [0.3, 0.4) is 0 Å². The van der Waals surface area contributed by atoms with Crippen molar-refractivity contribution in [3.63, 3.8) is 0 Å². The van der Waals surface area contributed by atoms with E-state index >= 15 is 0 Å². The third-order valence-corrected chi connectivity index (χ3v) is 3.06. The molecule has 1 atom stereocenters. The van der Waals surface area contributed by atoms with Crippen molar-refractivity contribution in [1.29, 1.82) is 0 Å². The van der Waals surface area contributed by atoms with E-state index in [1.807, 2.05) is 25.9 Å². The maximum Gasteiger partial charge on any atom is 0.304 e. The molecule has 0 aliphatic carbocycles. The van der Waals surface area contributed by atoms with Crippen LogP contribution in [-0.2, 0) is 4.79 Å². The summed E-state index contributed by atoms with van der Waals surface area (Å²) in [6.45, 7) is 2.27. The van der Waals surface area contributed by atoms with Crippen LogP contribution >= 0.6 is 0 Å².